The molecule has 1 saturated heterocycles. The minimum Gasteiger partial charge on any atom is -0.379 e. The third-order valence-electron chi connectivity index (χ3n) is 3.50. The van der Waals surface area contributed by atoms with Gasteiger partial charge in [-0.1, -0.05) is 6.07 Å². The highest BCUT2D eigenvalue weighted by molar-refractivity contribution is 7.09. The van der Waals surface area contributed by atoms with E-state index in [0.29, 0.717) is 50.9 Å². The van der Waals surface area contributed by atoms with Crippen LogP contribution in [0.4, 0.5) is 13.2 Å². The molecule has 126 valence electrons. The van der Waals surface area contributed by atoms with Gasteiger partial charge in [-0.3, -0.25) is 4.90 Å². The van der Waals surface area contributed by atoms with Crippen molar-refractivity contribution in [2.75, 3.05) is 26.3 Å². The van der Waals surface area contributed by atoms with Gasteiger partial charge in [0.1, 0.15) is 12.4 Å². The maximum atomic E-state index is 12.8. The number of alkyl halides is 3. The SMILES string of the molecule is FC(F)(F)Cn1nc(Cc2cccs2)nc1CN1CCOCC1. The maximum Gasteiger partial charge on any atom is 0.408 e. The minimum absolute atomic E-state index is 0.357. The van der Waals surface area contributed by atoms with Gasteiger partial charge < -0.3 is 4.74 Å². The van der Waals surface area contributed by atoms with Crippen LogP contribution >= 0.6 is 11.3 Å². The number of ether oxygens (including phenoxy) is 1. The van der Waals surface area contributed by atoms with E-state index in [1.165, 1.54) is 0 Å². The summed E-state index contributed by atoms with van der Waals surface area (Å²) < 4.78 is 44.5. The van der Waals surface area contributed by atoms with Crippen molar-refractivity contribution in [3.8, 4) is 0 Å². The number of halogens is 3. The fourth-order valence-corrected chi connectivity index (χ4v) is 3.14. The lowest BCUT2D eigenvalue weighted by Crippen LogP contribution is -2.36. The van der Waals surface area contributed by atoms with Crippen LogP contribution in [0.5, 0.6) is 0 Å². The van der Waals surface area contributed by atoms with Crippen molar-refractivity contribution in [3.05, 3.63) is 34.0 Å². The maximum absolute atomic E-state index is 12.8. The summed E-state index contributed by atoms with van der Waals surface area (Å²) in [6.07, 6.45) is -3.85. The van der Waals surface area contributed by atoms with Crippen LogP contribution in [-0.2, 0) is 24.2 Å². The molecule has 2 aromatic heterocycles. The van der Waals surface area contributed by atoms with Gasteiger partial charge in [0, 0.05) is 24.4 Å². The lowest BCUT2D eigenvalue weighted by atomic mass is 10.3. The van der Waals surface area contributed by atoms with Crippen LogP contribution in [-0.4, -0.2) is 52.1 Å². The van der Waals surface area contributed by atoms with E-state index in [-0.39, 0.29) is 0 Å². The van der Waals surface area contributed by atoms with Crippen molar-refractivity contribution in [2.24, 2.45) is 0 Å². The number of hydrogen-bond acceptors (Lipinski definition) is 5. The normalized spacial score (nSPS) is 16.8. The van der Waals surface area contributed by atoms with Crippen LogP contribution in [0, 0.1) is 0 Å². The average Bonchev–Trinajstić information content (AvgIpc) is 3.10. The first kappa shape index (κ1) is 16.4. The third kappa shape index (κ3) is 4.76. The Morgan fingerprint density at radius 3 is 2.70 bits per heavy atom. The highest BCUT2D eigenvalue weighted by Crippen LogP contribution is 2.20. The number of nitrogens with zero attached hydrogens (tertiary/aromatic N) is 4. The van der Waals surface area contributed by atoms with Gasteiger partial charge in [-0.2, -0.15) is 18.3 Å². The third-order valence-corrected chi connectivity index (χ3v) is 4.38. The molecule has 2 aromatic rings. The molecule has 0 N–H and O–H groups in total. The zero-order valence-corrected chi connectivity index (χ0v) is 13.2. The van der Waals surface area contributed by atoms with E-state index in [4.69, 9.17) is 4.74 Å². The summed E-state index contributed by atoms with van der Waals surface area (Å²) in [5, 5.41) is 6.00. The summed E-state index contributed by atoms with van der Waals surface area (Å²) in [6.45, 7) is 1.82. The largest absolute Gasteiger partial charge is 0.408 e. The van der Waals surface area contributed by atoms with Crippen LogP contribution in [0.3, 0.4) is 0 Å². The van der Waals surface area contributed by atoms with Crippen LogP contribution in [0.15, 0.2) is 17.5 Å². The summed E-state index contributed by atoms with van der Waals surface area (Å²) >= 11 is 1.54. The molecule has 1 aliphatic heterocycles. The molecule has 0 radical (unpaired) electrons. The highest BCUT2D eigenvalue weighted by Gasteiger charge is 2.30. The molecule has 0 spiro atoms. The van der Waals surface area contributed by atoms with E-state index in [9.17, 15) is 13.2 Å². The summed E-state index contributed by atoms with van der Waals surface area (Å²) in [4.78, 5) is 7.41. The van der Waals surface area contributed by atoms with Crippen LogP contribution in [0.25, 0.3) is 0 Å². The van der Waals surface area contributed by atoms with Crippen LogP contribution in [0.1, 0.15) is 16.5 Å². The number of aromatic nitrogens is 3. The molecule has 3 rings (SSSR count). The van der Waals surface area contributed by atoms with Gasteiger partial charge in [0.2, 0.25) is 0 Å². The Morgan fingerprint density at radius 1 is 1.26 bits per heavy atom. The first-order valence-corrected chi connectivity index (χ1v) is 8.19. The molecule has 5 nitrogen and oxygen atoms in total. The second-order valence-electron chi connectivity index (χ2n) is 5.36. The van der Waals surface area contributed by atoms with Gasteiger partial charge in [0.15, 0.2) is 5.82 Å². The van der Waals surface area contributed by atoms with Crippen molar-refractivity contribution in [3.63, 3.8) is 0 Å². The molecule has 1 aliphatic rings. The Labute approximate surface area is 135 Å². The van der Waals surface area contributed by atoms with Crippen LogP contribution < -0.4 is 0 Å². The molecule has 0 aromatic carbocycles. The predicted octanol–water partition coefficient (Wildman–Crippen LogP) is 2.32. The second kappa shape index (κ2) is 6.98. The first-order chi connectivity index (χ1) is 11.0. The van der Waals surface area contributed by atoms with Crippen molar-refractivity contribution in [1.82, 2.24) is 19.7 Å². The molecular formula is C14H17F3N4OS. The second-order valence-corrected chi connectivity index (χ2v) is 6.39. The van der Waals surface area contributed by atoms with Crippen molar-refractivity contribution < 1.29 is 17.9 Å². The first-order valence-electron chi connectivity index (χ1n) is 7.31. The topological polar surface area (TPSA) is 43.2 Å². The Bertz CT molecular complexity index is 621. The number of thiophene rings is 1. The fraction of sp³-hybridized carbons (Fsp3) is 0.571. The molecule has 0 unspecified atom stereocenters. The van der Waals surface area contributed by atoms with Gasteiger partial charge in [0.05, 0.1) is 19.8 Å². The number of morpholine rings is 1. The van der Waals surface area contributed by atoms with Crippen LogP contribution in [0.2, 0.25) is 0 Å². The van der Waals surface area contributed by atoms with E-state index in [1.54, 1.807) is 11.3 Å². The Hall–Kier alpha value is -1.45. The Balaban J connectivity index is 1.77. The van der Waals surface area contributed by atoms with Crippen molar-refractivity contribution in [2.45, 2.75) is 25.7 Å². The predicted molar refractivity (Wildman–Crippen MR) is 79.3 cm³/mol. The van der Waals surface area contributed by atoms with Gasteiger partial charge in [-0.25, -0.2) is 9.67 Å². The standard InChI is InChI=1S/C14H17F3N4OS/c15-14(16,17)10-21-13(9-20-3-5-22-6-4-20)18-12(19-21)8-11-2-1-7-23-11/h1-2,7H,3-6,8-10H2. The monoisotopic (exact) mass is 346 g/mol. The van der Waals surface area contributed by atoms with E-state index >= 15 is 0 Å². The Kier molecular flexibility index (Phi) is 4.98. The van der Waals surface area contributed by atoms with Crippen molar-refractivity contribution in [1.29, 1.82) is 0 Å². The molecule has 1 fully saturated rings. The summed E-state index contributed by atoms with van der Waals surface area (Å²) in [6, 6.07) is 3.83. The summed E-state index contributed by atoms with van der Waals surface area (Å²) in [5.41, 5.74) is 0. The van der Waals surface area contributed by atoms with E-state index in [0.717, 1.165) is 9.56 Å². The fourth-order valence-electron chi connectivity index (χ4n) is 2.44. The quantitative estimate of drug-likeness (QED) is 0.833. The molecule has 0 amide bonds. The lowest BCUT2D eigenvalue weighted by Gasteiger charge is -2.26. The number of hydrogen-bond donors (Lipinski definition) is 0. The average molecular weight is 346 g/mol. The van der Waals surface area contributed by atoms with Crippen molar-refractivity contribution >= 4 is 11.3 Å². The molecule has 0 bridgehead atoms. The van der Waals surface area contributed by atoms with Gasteiger partial charge in [-0.15, -0.1) is 11.3 Å². The summed E-state index contributed by atoms with van der Waals surface area (Å²) in [7, 11) is 0. The molecule has 3 heterocycles. The van der Waals surface area contributed by atoms with E-state index in [2.05, 4.69) is 10.1 Å². The molecule has 0 atom stereocenters. The van der Waals surface area contributed by atoms with Gasteiger partial charge in [0.25, 0.3) is 0 Å². The zero-order chi connectivity index (χ0) is 16.3. The van der Waals surface area contributed by atoms with E-state index < -0.39 is 12.7 Å². The van der Waals surface area contributed by atoms with Gasteiger partial charge >= 0.3 is 6.18 Å². The molecule has 0 aliphatic carbocycles. The molecule has 23 heavy (non-hydrogen) atoms. The molecular weight excluding hydrogens is 329 g/mol. The molecule has 0 saturated carbocycles. The highest BCUT2D eigenvalue weighted by atomic mass is 32.1. The van der Waals surface area contributed by atoms with Gasteiger partial charge in [-0.05, 0) is 11.4 Å². The number of rotatable bonds is 5. The molecule has 9 heteroatoms. The Morgan fingerprint density at radius 2 is 2.04 bits per heavy atom. The zero-order valence-electron chi connectivity index (χ0n) is 12.4. The lowest BCUT2D eigenvalue weighted by molar-refractivity contribution is -0.143. The summed E-state index contributed by atoms with van der Waals surface area (Å²) in [5.74, 6) is 0.788. The van der Waals surface area contributed by atoms with E-state index in [1.807, 2.05) is 22.4 Å². The minimum atomic E-state index is -4.31. The smallest absolute Gasteiger partial charge is 0.379 e.